The Labute approximate surface area is 205 Å². The average molecular weight is 510 g/mol. The van der Waals surface area contributed by atoms with Gasteiger partial charge in [-0.1, -0.05) is 42.5 Å². The molecule has 0 aliphatic rings. The molecule has 0 unspecified atom stereocenters. The number of nitrogens with two attached hydrogens (primary N) is 1. The van der Waals surface area contributed by atoms with Crippen molar-refractivity contribution < 1.29 is 14.3 Å². The van der Waals surface area contributed by atoms with Crippen LogP contribution in [0.3, 0.4) is 0 Å². The highest BCUT2D eigenvalue weighted by Crippen LogP contribution is 2.43. The van der Waals surface area contributed by atoms with Crippen molar-refractivity contribution in [3.63, 3.8) is 0 Å². The average Bonchev–Trinajstić information content (AvgIpc) is 2.75. The highest BCUT2D eigenvalue weighted by molar-refractivity contribution is 9.10. The van der Waals surface area contributed by atoms with Crippen molar-refractivity contribution in [1.82, 2.24) is 0 Å². The SMILES string of the molecule is Cc1ccc(-c2c(C)c(Br)c(N)c(C)c2CC(=O)OCc2ccccc2)c(OC(C)(C)C)c1. The second kappa shape index (κ2) is 10.0. The standard InChI is InChI=1S/C28H32BrNO3/c1-17-12-13-21(23(14-17)33-28(4,5)6)25-19(3)26(29)27(30)18(2)22(25)15-24(31)32-16-20-10-8-7-9-11-20/h7-14H,15-16,30H2,1-6H3. The van der Waals surface area contributed by atoms with Crippen LogP contribution in [0.5, 0.6) is 5.75 Å². The predicted octanol–water partition coefficient (Wildman–Crippen LogP) is 7.09. The van der Waals surface area contributed by atoms with Gasteiger partial charge in [-0.3, -0.25) is 4.79 Å². The normalized spacial score (nSPS) is 11.4. The summed E-state index contributed by atoms with van der Waals surface area (Å²) in [6.45, 7) is 12.3. The molecule has 0 fully saturated rings. The molecule has 174 valence electrons. The third-order valence-electron chi connectivity index (χ3n) is 5.49. The number of rotatable bonds is 6. The number of ether oxygens (including phenoxy) is 2. The first-order valence-electron chi connectivity index (χ1n) is 11.0. The van der Waals surface area contributed by atoms with Crippen LogP contribution in [0.4, 0.5) is 5.69 Å². The third-order valence-corrected chi connectivity index (χ3v) is 6.51. The van der Waals surface area contributed by atoms with E-state index in [1.54, 1.807) is 0 Å². The van der Waals surface area contributed by atoms with Crippen LogP contribution in [0, 0.1) is 20.8 Å². The number of aryl methyl sites for hydroxylation is 1. The first-order valence-corrected chi connectivity index (χ1v) is 11.8. The zero-order chi connectivity index (χ0) is 24.3. The summed E-state index contributed by atoms with van der Waals surface area (Å²) in [6, 6.07) is 15.8. The quantitative estimate of drug-likeness (QED) is 0.284. The number of anilines is 1. The Morgan fingerprint density at radius 1 is 1.00 bits per heavy atom. The largest absolute Gasteiger partial charge is 0.488 e. The van der Waals surface area contributed by atoms with Crippen LogP contribution < -0.4 is 10.5 Å². The van der Waals surface area contributed by atoms with Crippen molar-refractivity contribution in [3.8, 4) is 16.9 Å². The number of carbonyl (C=O) groups excluding carboxylic acids is 1. The number of hydrogen-bond donors (Lipinski definition) is 1. The van der Waals surface area contributed by atoms with E-state index in [0.717, 1.165) is 49.2 Å². The number of benzene rings is 3. The van der Waals surface area contributed by atoms with Gasteiger partial charge in [-0.2, -0.15) is 0 Å². The molecule has 0 saturated heterocycles. The van der Waals surface area contributed by atoms with Crippen LogP contribution in [-0.2, 0) is 22.6 Å². The molecule has 0 bridgehead atoms. The van der Waals surface area contributed by atoms with Gasteiger partial charge in [-0.15, -0.1) is 0 Å². The summed E-state index contributed by atoms with van der Waals surface area (Å²) in [7, 11) is 0. The van der Waals surface area contributed by atoms with E-state index in [9.17, 15) is 4.79 Å². The Kier molecular flexibility index (Phi) is 7.53. The Balaban J connectivity index is 2.07. The molecule has 0 amide bonds. The van der Waals surface area contributed by atoms with Crippen LogP contribution in [0.2, 0.25) is 0 Å². The van der Waals surface area contributed by atoms with Gasteiger partial charge in [-0.25, -0.2) is 0 Å². The number of halogens is 1. The summed E-state index contributed by atoms with van der Waals surface area (Å²) in [5.41, 5.74) is 13.3. The van der Waals surface area contributed by atoms with Crippen LogP contribution >= 0.6 is 15.9 Å². The molecule has 4 nitrogen and oxygen atoms in total. The zero-order valence-corrected chi connectivity index (χ0v) is 21.8. The molecule has 0 heterocycles. The Hall–Kier alpha value is -2.79. The lowest BCUT2D eigenvalue weighted by Crippen LogP contribution is -2.23. The third kappa shape index (κ3) is 5.97. The molecule has 0 aliphatic carbocycles. The summed E-state index contributed by atoms with van der Waals surface area (Å²) in [6.07, 6.45) is 0.120. The minimum absolute atomic E-state index is 0.120. The van der Waals surface area contributed by atoms with E-state index in [4.69, 9.17) is 15.2 Å². The molecule has 33 heavy (non-hydrogen) atoms. The van der Waals surface area contributed by atoms with Gasteiger partial charge >= 0.3 is 5.97 Å². The molecule has 0 saturated carbocycles. The lowest BCUT2D eigenvalue weighted by Gasteiger charge is -2.26. The topological polar surface area (TPSA) is 61.6 Å². The number of carbonyl (C=O) groups is 1. The molecule has 0 aromatic heterocycles. The Bertz CT molecular complexity index is 1160. The van der Waals surface area contributed by atoms with E-state index in [-0.39, 0.29) is 24.6 Å². The summed E-state index contributed by atoms with van der Waals surface area (Å²) in [5.74, 6) is 0.482. The van der Waals surface area contributed by atoms with Crippen molar-refractivity contribution in [3.05, 3.63) is 80.8 Å². The van der Waals surface area contributed by atoms with E-state index < -0.39 is 0 Å². The van der Waals surface area contributed by atoms with Crippen LogP contribution in [-0.4, -0.2) is 11.6 Å². The second-order valence-electron chi connectivity index (χ2n) is 9.37. The summed E-state index contributed by atoms with van der Waals surface area (Å²) < 4.78 is 12.8. The monoisotopic (exact) mass is 509 g/mol. The maximum absolute atomic E-state index is 12.9. The lowest BCUT2D eigenvalue weighted by atomic mass is 9.88. The first kappa shape index (κ1) is 24.8. The van der Waals surface area contributed by atoms with E-state index in [2.05, 4.69) is 28.1 Å². The van der Waals surface area contributed by atoms with Crippen LogP contribution in [0.25, 0.3) is 11.1 Å². The van der Waals surface area contributed by atoms with Gasteiger partial charge in [0.25, 0.3) is 0 Å². The van der Waals surface area contributed by atoms with Gasteiger partial charge in [0.2, 0.25) is 0 Å². The molecule has 0 atom stereocenters. The van der Waals surface area contributed by atoms with E-state index in [1.165, 1.54) is 0 Å². The molecular weight excluding hydrogens is 478 g/mol. The maximum atomic E-state index is 12.9. The maximum Gasteiger partial charge on any atom is 0.310 e. The smallest absolute Gasteiger partial charge is 0.310 e. The Morgan fingerprint density at radius 3 is 2.30 bits per heavy atom. The molecule has 0 spiro atoms. The van der Waals surface area contributed by atoms with Gasteiger partial charge in [0, 0.05) is 15.7 Å². The van der Waals surface area contributed by atoms with Crippen molar-refractivity contribution in [2.24, 2.45) is 0 Å². The lowest BCUT2D eigenvalue weighted by molar-refractivity contribution is -0.144. The van der Waals surface area contributed by atoms with Gasteiger partial charge in [0.15, 0.2) is 0 Å². The van der Waals surface area contributed by atoms with Crippen molar-refractivity contribution in [1.29, 1.82) is 0 Å². The minimum Gasteiger partial charge on any atom is -0.488 e. The molecule has 5 heteroatoms. The molecule has 0 aliphatic heterocycles. The van der Waals surface area contributed by atoms with Gasteiger partial charge in [0.05, 0.1) is 6.42 Å². The summed E-state index contributed by atoms with van der Waals surface area (Å²) in [4.78, 5) is 12.9. The van der Waals surface area contributed by atoms with Gasteiger partial charge in [-0.05, 0) is 96.9 Å². The number of nitrogen functional groups attached to an aromatic ring is 1. The molecule has 3 aromatic carbocycles. The van der Waals surface area contributed by atoms with E-state index in [1.807, 2.05) is 77.9 Å². The first-order chi connectivity index (χ1) is 15.5. The van der Waals surface area contributed by atoms with Gasteiger partial charge in [0.1, 0.15) is 18.0 Å². The fourth-order valence-electron chi connectivity index (χ4n) is 3.82. The number of hydrogen-bond acceptors (Lipinski definition) is 4. The van der Waals surface area contributed by atoms with Crippen molar-refractivity contribution >= 4 is 27.6 Å². The van der Waals surface area contributed by atoms with Crippen LogP contribution in [0.1, 0.15) is 48.6 Å². The highest BCUT2D eigenvalue weighted by atomic mass is 79.9. The number of esters is 1. The van der Waals surface area contributed by atoms with E-state index >= 15 is 0 Å². The predicted molar refractivity (Wildman–Crippen MR) is 139 cm³/mol. The fourth-order valence-corrected chi connectivity index (χ4v) is 4.32. The van der Waals surface area contributed by atoms with Gasteiger partial charge < -0.3 is 15.2 Å². The highest BCUT2D eigenvalue weighted by Gasteiger charge is 2.24. The Morgan fingerprint density at radius 2 is 1.67 bits per heavy atom. The summed E-state index contributed by atoms with van der Waals surface area (Å²) in [5, 5.41) is 0. The van der Waals surface area contributed by atoms with Crippen LogP contribution in [0.15, 0.2) is 53.0 Å². The van der Waals surface area contributed by atoms with Crippen molar-refractivity contribution in [2.75, 3.05) is 5.73 Å². The molecule has 0 radical (unpaired) electrons. The molecular formula is C28H32BrNO3. The van der Waals surface area contributed by atoms with Crippen molar-refractivity contribution in [2.45, 2.75) is 60.2 Å². The minimum atomic E-state index is -0.370. The second-order valence-corrected chi connectivity index (χ2v) is 10.2. The van der Waals surface area contributed by atoms with E-state index in [0.29, 0.717) is 5.69 Å². The summed E-state index contributed by atoms with van der Waals surface area (Å²) >= 11 is 3.66. The molecule has 2 N–H and O–H groups in total. The molecule has 3 rings (SSSR count). The molecule has 3 aromatic rings. The zero-order valence-electron chi connectivity index (χ0n) is 20.2. The fraction of sp³-hybridized carbons (Fsp3) is 0.321.